The highest BCUT2D eigenvalue weighted by atomic mass is 35.5. The van der Waals surface area contributed by atoms with Gasteiger partial charge in [0.2, 0.25) is 5.91 Å². The molecule has 1 aromatic rings. The quantitative estimate of drug-likeness (QED) is 0.816. The molecule has 1 heterocycles. The average molecular weight is 310 g/mol. The molecule has 2 rings (SSSR count). The normalized spacial score (nSPS) is 19.4. The van der Waals surface area contributed by atoms with Gasteiger partial charge in [0, 0.05) is 25.4 Å². The Hall–Kier alpha value is -1.75. The highest BCUT2D eigenvalue weighted by Gasteiger charge is 2.33. The number of benzene rings is 1. The molecular weight excluding hydrogens is 290 g/mol. The van der Waals surface area contributed by atoms with E-state index in [1.54, 1.807) is 0 Å². The fourth-order valence-corrected chi connectivity index (χ4v) is 2.61. The Balaban J connectivity index is 1.92. The number of halogens is 1. The Morgan fingerprint density at radius 1 is 1.43 bits per heavy atom. The summed E-state index contributed by atoms with van der Waals surface area (Å²) in [6.07, 6.45) is 0.339. The van der Waals surface area contributed by atoms with Crippen molar-refractivity contribution in [1.82, 2.24) is 15.5 Å². The third-order valence-corrected chi connectivity index (χ3v) is 3.81. The zero-order valence-electron chi connectivity index (χ0n) is 12.0. The van der Waals surface area contributed by atoms with Crippen molar-refractivity contribution in [2.24, 2.45) is 0 Å². The van der Waals surface area contributed by atoms with Crippen LogP contribution in [0.2, 0.25) is 0 Å². The molecule has 0 spiro atoms. The number of hydrogen-bond acceptors (Lipinski definition) is 2. The molecule has 21 heavy (non-hydrogen) atoms. The molecule has 1 saturated heterocycles. The van der Waals surface area contributed by atoms with E-state index >= 15 is 0 Å². The third-order valence-electron chi connectivity index (χ3n) is 3.62. The van der Waals surface area contributed by atoms with Gasteiger partial charge in [-0.15, -0.1) is 11.6 Å². The summed E-state index contributed by atoms with van der Waals surface area (Å²) in [5, 5.41) is 5.45. The summed E-state index contributed by atoms with van der Waals surface area (Å²) in [6.45, 7) is 2.95. The largest absolute Gasteiger partial charge is 0.337 e. The molecule has 1 aromatic carbocycles. The highest BCUT2D eigenvalue weighted by Crippen LogP contribution is 2.25. The van der Waals surface area contributed by atoms with Gasteiger partial charge in [-0.3, -0.25) is 4.79 Å². The van der Waals surface area contributed by atoms with Gasteiger partial charge in [-0.1, -0.05) is 30.3 Å². The number of alkyl halides is 1. The first-order chi connectivity index (χ1) is 10.1. The number of likely N-dealkylation sites (tertiary alicyclic amines) is 1. The smallest absolute Gasteiger partial charge is 0.315 e. The van der Waals surface area contributed by atoms with Crippen molar-refractivity contribution in [1.29, 1.82) is 0 Å². The van der Waals surface area contributed by atoms with Crippen molar-refractivity contribution in [3.63, 3.8) is 0 Å². The molecule has 0 bridgehead atoms. The summed E-state index contributed by atoms with van der Waals surface area (Å²) in [5.74, 6) is 0.433. The van der Waals surface area contributed by atoms with E-state index in [2.05, 4.69) is 10.6 Å². The van der Waals surface area contributed by atoms with Crippen LogP contribution in [0.1, 0.15) is 24.9 Å². The monoisotopic (exact) mass is 309 g/mol. The van der Waals surface area contributed by atoms with Crippen molar-refractivity contribution in [2.75, 3.05) is 19.0 Å². The molecule has 1 aliphatic rings. The van der Waals surface area contributed by atoms with E-state index in [-0.39, 0.29) is 24.0 Å². The fourth-order valence-electron chi connectivity index (χ4n) is 2.51. The lowest BCUT2D eigenvalue weighted by molar-refractivity contribution is -0.129. The van der Waals surface area contributed by atoms with E-state index in [0.717, 1.165) is 5.56 Å². The number of urea groups is 1. The second-order valence-corrected chi connectivity index (χ2v) is 5.50. The first-order valence-electron chi connectivity index (χ1n) is 7.06. The van der Waals surface area contributed by atoms with Crippen LogP contribution in [0, 0.1) is 0 Å². The number of hydrogen-bond donors (Lipinski definition) is 2. The van der Waals surface area contributed by atoms with Crippen molar-refractivity contribution in [3.05, 3.63) is 35.9 Å². The number of nitrogens with one attached hydrogen (secondary N) is 2. The Bertz CT molecular complexity index is 495. The molecule has 2 unspecified atom stereocenters. The average Bonchev–Trinajstić information content (AvgIpc) is 2.85. The van der Waals surface area contributed by atoms with Gasteiger partial charge in [-0.2, -0.15) is 0 Å². The van der Waals surface area contributed by atoms with Crippen molar-refractivity contribution >= 4 is 23.5 Å². The van der Waals surface area contributed by atoms with Gasteiger partial charge in [0.15, 0.2) is 0 Å². The topological polar surface area (TPSA) is 61.4 Å². The predicted molar refractivity (Wildman–Crippen MR) is 82.2 cm³/mol. The van der Waals surface area contributed by atoms with Crippen molar-refractivity contribution in [2.45, 2.75) is 25.4 Å². The van der Waals surface area contributed by atoms with Gasteiger partial charge in [0.25, 0.3) is 0 Å². The van der Waals surface area contributed by atoms with Crippen LogP contribution in [-0.2, 0) is 4.79 Å². The molecule has 0 radical (unpaired) electrons. The Kier molecular flexibility index (Phi) is 5.44. The summed E-state index contributed by atoms with van der Waals surface area (Å²) >= 11 is 5.51. The maximum absolute atomic E-state index is 12.1. The van der Waals surface area contributed by atoms with Crippen LogP contribution >= 0.6 is 11.6 Å². The van der Waals surface area contributed by atoms with Gasteiger partial charge >= 0.3 is 6.03 Å². The molecule has 1 aliphatic heterocycles. The summed E-state index contributed by atoms with van der Waals surface area (Å²) < 4.78 is 0. The van der Waals surface area contributed by atoms with E-state index in [9.17, 15) is 9.59 Å². The predicted octanol–water partition coefficient (Wildman–Crippen LogP) is 1.89. The summed E-state index contributed by atoms with van der Waals surface area (Å²) in [5.41, 5.74) is 1.10. The van der Waals surface area contributed by atoms with Crippen LogP contribution < -0.4 is 10.6 Å². The molecule has 2 N–H and O–H groups in total. The Labute approximate surface area is 129 Å². The molecule has 0 aliphatic carbocycles. The summed E-state index contributed by atoms with van der Waals surface area (Å²) in [4.78, 5) is 25.5. The Morgan fingerprint density at radius 2 is 2.14 bits per heavy atom. The molecule has 6 heteroatoms. The van der Waals surface area contributed by atoms with Crippen molar-refractivity contribution < 1.29 is 9.59 Å². The lowest BCUT2D eigenvalue weighted by Crippen LogP contribution is -2.44. The summed E-state index contributed by atoms with van der Waals surface area (Å²) in [7, 11) is 0. The number of carbonyl (C=O) groups is 2. The van der Waals surface area contributed by atoms with E-state index in [0.29, 0.717) is 25.4 Å². The van der Waals surface area contributed by atoms with Crippen LogP contribution in [0.25, 0.3) is 0 Å². The molecule has 3 amide bonds. The minimum Gasteiger partial charge on any atom is -0.337 e. The van der Waals surface area contributed by atoms with Crippen LogP contribution in [0.4, 0.5) is 4.79 Å². The standard InChI is InChI=1S/C15H20ClN3O2/c1-11(12-5-3-2-4-6-12)19-10-13(9-14(19)20)18-15(21)17-8-7-16/h2-6,11,13H,7-10H2,1H3,(H2,17,18,21). The highest BCUT2D eigenvalue weighted by molar-refractivity contribution is 6.18. The van der Waals surface area contributed by atoms with Gasteiger partial charge in [-0.25, -0.2) is 4.79 Å². The second-order valence-electron chi connectivity index (χ2n) is 5.12. The number of amides is 3. The number of rotatable bonds is 5. The van der Waals surface area contributed by atoms with Crippen LogP contribution in [-0.4, -0.2) is 41.8 Å². The van der Waals surface area contributed by atoms with Crippen LogP contribution in [0.5, 0.6) is 0 Å². The molecule has 2 atom stereocenters. The minimum absolute atomic E-state index is 0.0106. The van der Waals surface area contributed by atoms with Gasteiger partial charge < -0.3 is 15.5 Å². The van der Waals surface area contributed by atoms with Crippen LogP contribution in [0.3, 0.4) is 0 Å². The fraction of sp³-hybridized carbons (Fsp3) is 0.467. The maximum Gasteiger partial charge on any atom is 0.315 e. The molecule has 5 nitrogen and oxygen atoms in total. The lowest BCUT2D eigenvalue weighted by Gasteiger charge is -2.25. The zero-order valence-corrected chi connectivity index (χ0v) is 12.8. The van der Waals surface area contributed by atoms with Gasteiger partial charge in [0.1, 0.15) is 0 Å². The molecule has 1 fully saturated rings. The van der Waals surface area contributed by atoms with Crippen molar-refractivity contribution in [3.8, 4) is 0 Å². The molecule has 0 saturated carbocycles. The van der Waals surface area contributed by atoms with E-state index in [1.807, 2.05) is 42.2 Å². The van der Waals surface area contributed by atoms with E-state index in [4.69, 9.17) is 11.6 Å². The number of carbonyl (C=O) groups excluding carboxylic acids is 2. The first kappa shape index (κ1) is 15.6. The lowest BCUT2D eigenvalue weighted by atomic mass is 10.1. The van der Waals surface area contributed by atoms with E-state index < -0.39 is 0 Å². The molecule has 0 aromatic heterocycles. The first-order valence-corrected chi connectivity index (χ1v) is 7.60. The Morgan fingerprint density at radius 3 is 2.81 bits per heavy atom. The van der Waals surface area contributed by atoms with E-state index in [1.165, 1.54) is 0 Å². The molecule has 114 valence electrons. The van der Waals surface area contributed by atoms with Gasteiger partial charge in [0.05, 0.1) is 12.1 Å². The second kappa shape index (κ2) is 7.31. The zero-order chi connectivity index (χ0) is 15.2. The third kappa shape index (κ3) is 4.11. The van der Waals surface area contributed by atoms with Crippen LogP contribution in [0.15, 0.2) is 30.3 Å². The molecular formula is C15H20ClN3O2. The summed E-state index contributed by atoms with van der Waals surface area (Å²) in [6, 6.07) is 9.47. The SMILES string of the molecule is CC(c1ccccc1)N1CC(NC(=O)NCCCl)CC1=O. The minimum atomic E-state index is -0.275. The number of nitrogens with zero attached hydrogens (tertiary/aromatic N) is 1. The maximum atomic E-state index is 12.1. The van der Waals surface area contributed by atoms with Gasteiger partial charge in [-0.05, 0) is 12.5 Å².